The van der Waals surface area contributed by atoms with Gasteiger partial charge in [-0.3, -0.25) is 9.36 Å². The third-order valence-electron chi connectivity index (χ3n) is 3.02. The molecule has 2 N–H and O–H groups in total. The molecule has 8 heteroatoms. The third kappa shape index (κ3) is 3.28. The van der Waals surface area contributed by atoms with E-state index in [1.165, 1.54) is 29.9 Å². The summed E-state index contributed by atoms with van der Waals surface area (Å²) in [5, 5.41) is 8.81. The zero-order valence-electron chi connectivity index (χ0n) is 11.6. The number of amides is 1. The van der Waals surface area contributed by atoms with Crippen LogP contribution in [0.3, 0.4) is 0 Å². The van der Waals surface area contributed by atoms with Crippen LogP contribution in [0.5, 0.6) is 5.75 Å². The maximum absolute atomic E-state index is 13.3. The summed E-state index contributed by atoms with van der Waals surface area (Å²) in [4.78, 5) is 23.1. The predicted octanol–water partition coefficient (Wildman–Crippen LogP) is 0.229. The number of halogens is 1. The number of hydrogen-bond donors (Lipinski definition) is 2. The summed E-state index contributed by atoms with van der Waals surface area (Å²) in [5.74, 6) is -0.330. The molecule has 2 rings (SSSR count). The number of carbonyl (C=O) groups is 1. The molecule has 2 aromatic rings. The molecule has 0 atom stereocenters. The fourth-order valence-electron chi connectivity index (χ4n) is 1.79. The molecule has 1 amide bonds. The van der Waals surface area contributed by atoms with Crippen molar-refractivity contribution in [2.24, 2.45) is 7.05 Å². The second-order valence-corrected chi connectivity index (χ2v) is 4.36. The molecule has 21 heavy (non-hydrogen) atoms. The lowest BCUT2D eigenvalue weighted by molar-refractivity contribution is 0.0953. The Bertz CT molecular complexity index is 708. The lowest BCUT2D eigenvalue weighted by Crippen LogP contribution is -2.27. The first-order valence-corrected chi connectivity index (χ1v) is 6.25. The van der Waals surface area contributed by atoms with E-state index in [0.717, 1.165) is 0 Å². The van der Waals surface area contributed by atoms with Crippen LogP contribution in [0.15, 0.2) is 23.0 Å². The van der Waals surface area contributed by atoms with Crippen molar-refractivity contribution < 1.29 is 13.9 Å². The molecule has 0 saturated heterocycles. The van der Waals surface area contributed by atoms with Crippen molar-refractivity contribution >= 4 is 5.91 Å². The van der Waals surface area contributed by atoms with Crippen molar-refractivity contribution in [2.45, 2.75) is 6.42 Å². The van der Waals surface area contributed by atoms with E-state index in [1.807, 2.05) is 0 Å². The summed E-state index contributed by atoms with van der Waals surface area (Å²) in [5.41, 5.74) is -0.0104. The number of rotatable bonds is 5. The normalized spacial score (nSPS) is 10.4. The van der Waals surface area contributed by atoms with Crippen LogP contribution in [0.1, 0.15) is 16.2 Å². The molecule has 0 saturated carbocycles. The van der Waals surface area contributed by atoms with Crippen LogP contribution >= 0.6 is 0 Å². The molecule has 0 aliphatic rings. The molecule has 0 radical (unpaired) electrons. The number of hydrogen-bond acceptors (Lipinski definition) is 4. The highest BCUT2D eigenvalue weighted by Crippen LogP contribution is 2.17. The van der Waals surface area contributed by atoms with Gasteiger partial charge in [0.2, 0.25) is 0 Å². The number of ether oxygens (including phenoxy) is 1. The van der Waals surface area contributed by atoms with Gasteiger partial charge >= 0.3 is 5.69 Å². The number of nitrogens with one attached hydrogen (secondary N) is 2. The first-order chi connectivity index (χ1) is 10.0. The van der Waals surface area contributed by atoms with E-state index in [0.29, 0.717) is 24.4 Å². The van der Waals surface area contributed by atoms with Gasteiger partial charge in [-0.05, 0) is 18.2 Å². The van der Waals surface area contributed by atoms with Crippen LogP contribution in [0.25, 0.3) is 0 Å². The van der Waals surface area contributed by atoms with E-state index < -0.39 is 5.82 Å². The maximum atomic E-state index is 13.3. The minimum absolute atomic E-state index is 0.0114. The molecule has 0 aliphatic heterocycles. The Morgan fingerprint density at radius 1 is 1.52 bits per heavy atom. The molecule has 112 valence electrons. The van der Waals surface area contributed by atoms with Crippen molar-refractivity contribution in [3.8, 4) is 5.75 Å². The number of aromatic nitrogens is 3. The van der Waals surface area contributed by atoms with Crippen molar-refractivity contribution in [3.05, 3.63) is 45.9 Å². The molecule has 0 aliphatic carbocycles. The first kappa shape index (κ1) is 14.8. The van der Waals surface area contributed by atoms with Gasteiger partial charge in [0.1, 0.15) is 5.82 Å². The zero-order chi connectivity index (χ0) is 15.4. The van der Waals surface area contributed by atoms with E-state index in [-0.39, 0.29) is 17.3 Å². The Hall–Kier alpha value is -2.64. The molecule has 0 bridgehead atoms. The summed E-state index contributed by atoms with van der Waals surface area (Å²) in [6.45, 7) is 0.302. The van der Waals surface area contributed by atoms with Crippen LogP contribution in [-0.4, -0.2) is 34.3 Å². The molecule has 1 aromatic heterocycles. The topological polar surface area (TPSA) is 89.0 Å². The average Bonchev–Trinajstić information content (AvgIpc) is 2.79. The molecule has 1 heterocycles. The Balaban J connectivity index is 1.96. The second-order valence-electron chi connectivity index (χ2n) is 4.36. The summed E-state index contributed by atoms with van der Waals surface area (Å²) in [6, 6.07) is 3.87. The smallest absolute Gasteiger partial charge is 0.343 e. The predicted molar refractivity (Wildman–Crippen MR) is 72.8 cm³/mol. The van der Waals surface area contributed by atoms with Gasteiger partial charge in [-0.1, -0.05) is 0 Å². The Morgan fingerprint density at radius 2 is 2.29 bits per heavy atom. The molecule has 7 nitrogen and oxygen atoms in total. The third-order valence-corrected chi connectivity index (χ3v) is 3.02. The van der Waals surface area contributed by atoms with Crippen LogP contribution in [0, 0.1) is 5.82 Å². The fraction of sp³-hybridized carbons (Fsp3) is 0.308. The minimum Gasteiger partial charge on any atom is -0.494 e. The molecular weight excluding hydrogens is 279 g/mol. The van der Waals surface area contributed by atoms with Gasteiger partial charge in [0.05, 0.1) is 7.11 Å². The van der Waals surface area contributed by atoms with E-state index >= 15 is 0 Å². The van der Waals surface area contributed by atoms with E-state index in [1.54, 1.807) is 7.05 Å². The van der Waals surface area contributed by atoms with Gasteiger partial charge in [0.15, 0.2) is 11.6 Å². The van der Waals surface area contributed by atoms with Crippen molar-refractivity contribution in [1.82, 2.24) is 20.1 Å². The Kier molecular flexibility index (Phi) is 4.36. The number of H-pyrrole nitrogens is 1. The van der Waals surface area contributed by atoms with Gasteiger partial charge in [-0.25, -0.2) is 14.3 Å². The lowest BCUT2D eigenvalue weighted by Gasteiger charge is -2.07. The van der Waals surface area contributed by atoms with Crippen molar-refractivity contribution in [3.63, 3.8) is 0 Å². The van der Waals surface area contributed by atoms with Gasteiger partial charge in [0.25, 0.3) is 5.91 Å². The van der Waals surface area contributed by atoms with Gasteiger partial charge < -0.3 is 10.1 Å². The summed E-state index contributed by atoms with van der Waals surface area (Å²) in [7, 11) is 2.92. The maximum Gasteiger partial charge on any atom is 0.343 e. The van der Waals surface area contributed by atoms with Crippen LogP contribution in [0.2, 0.25) is 0 Å². The zero-order valence-corrected chi connectivity index (χ0v) is 11.6. The summed E-state index contributed by atoms with van der Waals surface area (Å²) < 4.78 is 19.4. The van der Waals surface area contributed by atoms with E-state index in [4.69, 9.17) is 4.74 Å². The SMILES string of the molecule is COc1cc(C(=O)NCCc2n[nH]c(=O)n2C)ccc1F. The number of nitrogens with zero attached hydrogens (tertiary/aromatic N) is 2. The second kappa shape index (κ2) is 6.21. The highest BCUT2D eigenvalue weighted by Gasteiger charge is 2.10. The highest BCUT2D eigenvalue weighted by atomic mass is 19.1. The number of methoxy groups -OCH3 is 1. The van der Waals surface area contributed by atoms with Crippen LogP contribution < -0.4 is 15.7 Å². The quantitative estimate of drug-likeness (QED) is 0.826. The minimum atomic E-state index is -0.527. The first-order valence-electron chi connectivity index (χ1n) is 6.25. The van der Waals surface area contributed by atoms with Gasteiger partial charge in [-0.15, -0.1) is 0 Å². The van der Waals surface area contributed by atoms with Gasteiger partial charge in [-0.2, -0.15) is 5.10 Å². The number of aromatic amines is 1. The highest BCUT2D eigenvalue weighted by molar-refractivity contribution is 5.94. The standard InChI is InChI=1S/C13H15FN4O3/c1-18-11(16-17-13(18)20)5-6-15-12(19)8-3-4-9(14)10(7-8)21-2/h3-4,7H,5-6H2,1-2H3,(H,15,19)(H,17,20). The molecule has 1 aromatic carbocycles. The summed E-state index contributed by atoms with van der Waals surface area (Å²) >= 11 is 0. The molecular formula is C13H15FN4O3. The van der Waals surface area contributed by atoms with Crippen LogP contribution in [0.4, 0.5) is 4.39 Å². The van der Waals surface area contributed by atoms with Crippen molar-refractivity contribution in [2.75, 3.05) is 13.7 Å². The average molecular weight is 294 g/mol. The van der Waals surface area contributed by atoms with E-state index in [2.05, 4.69) is 15.5 Å². The molecule has 0 fully saturated rings. The Morgan fingerprint density at radius 3 is 2.90 bits per heavy atom. The van der Waals surface area contributed by atoms with Crippen LogP contribution in [-0.2, 0) is 13.5 Å². The molecule has 0 spiro atoms. The number of benzene rings is 1. The molecule has 0 unspecified atom stereocenters. The largest absolute Gasteiger partial charge is 0.494 e. The van der Waals surface area contributed by atoms with Crippen molar-refractivity contribution in [1.29, 1.82) is 0 Å². The van der Waals surface area contributed by atoms with E-state index in [9.17, 15) is 14.0 Å². The summed E-state index contributed by atoms with van der Waals surface area (Å²) in [6.07, 6.45) is 0.402. The number of carbonyl (C=O) groups excluding carboxylic acids is 1. The lowest BCUT2D eigenvalue weighted by atomic mass is 10.2. The monoisotopic (exact) mass is 294 g/mol. The van der Waals surface area contributed by atoms with Gasteiger partial charge in [0, 0.05) is 25.6 Å². The Labute approximate surface area is 119 Å². The fourth-order valence-corrected chi connectivity index (χ4v) is 1.79.